The molecular weight excluding hydrogens is 373 g/mol. The molecule has 0 heterocycles. The highest BCUT2D eigenvalue weighted by atomic mass is 79.9. The number of hydrogen-bond donors (Lipinski definition) is 1. The molecule has 0 saturated heterocycles. The van der Waals surface area contributed by atoms with Gasteiger partial charge in [-0.05, 0) is 54.3 Å². The van der Waals surface area contributed by atoms with Crippen LogP contribution in [0.1, 0.15) is 11.1 Å². The Labute approximate surface area is 143 Å². The summed E-state index contributed by atoms with van der Waals surface area (Å²) in [6.45, 7) is 0. The highest BCUT2D eigenvalue weighted by molar-refractivity contribution is 9.10. The summed E-state index contributed by atoms with van der Waals surface area (Å²) < 4.78 is 6.38. The number of hydrogen-bond acceptors (Lipinski definition) is 2. The highest BCUT2D eigenvalue weighted by Crippen LogP contribution is 2.26. The minimum Gasteiger partial charge on any atom is -0.496 e. The van der Waals surface area contributed by atoms with Crippen molar-refractivity contribution in [1.29, 1.82) is 0 Å². The largest absolute Gasteiger partial charge is 0.496 e. The van der Waals surface area contributed by atoms with E-state index in [2.05, 4.69) is 15.9 Å². The lowest BCUT2D eigenvalue weighted by atomic mass is 9.99. The van der Waals surface area contributed by atoms with Gasteiger partial charge < -0.3 is 10.5 Å². The number of methoxy groups -OCH3 is 1. The Kier molecular flexibility index (Phi) is 5.94. The molecule has 0 saturated carbocycles. The topological polar surface area (TPSA) is 35.2 Å². The van der Waals surface area contributed by atoms with Gasteiger partial charge >= 0.3 is 0 Å². The molecule has 2 aromatic rings. The van der Waals surface area contributed by atoms with Crippen LogP contribution in [0.3, 0.4) is 0 Å². The summed E-state index contributed by atoms with van der Waals surface area (Å²) in [6.07, 6.45) is 1.40. The van der Waals surface area contributed by atoms with Gasteiger partial charge in [0.1, 0.15) is 5.75 Å². The summed E-state index contributed by atoms with van der Waals surface area (Å²) in [5.74, 6) is 0.843. The van der Waals surface area contributed by atoms with Gasteiger partial charge in [-0.1, -0.05) is 45.2 Å². The molecule has 0 aromatic heterocycles. The van der Waals surface area contributed by atoms with Gasteiger partial charge in [-0.15, -0.1) is 0 Å². The van der Waals surface area contributed by atoms with E-state index in [-0.39, 0.29) is 6.04 Å². The van der Waals surface area contributed by atoms with E-state index in [0.717, 1.165) is 21.3 Å². The molecule has 0 aliphatic heterocycles. The summed E-state index contributed by atoms with van der Waals surface area (Å²) in [7, 11) is 1.66. The second kappa shape index (κ2) is 7.50. The molecule has 0 fully saturated rings. The van der Waals surface area contributed by atoms with Gasteiger partial charge in [0.05, 0.1) is 7.11 Å². The first-order chi connectivity index (χ1) is 9.99. The van der Waals surface area contributed by atoms with Crippen LogP contribution >= 0.6 is 39.1 Å². The quantitative estimate of drug-likeness (QED) is 0.792. The van der Waals surface area contributed by atoms with Gasteiger partial charge in [0.15, 0.2) is 0 Å². The predicted molar refractivity (Wildman–Crippen MR) is 92.5 cm³/mol. The van der Waals surface area contributed by atoms with E-state index >= 15 is 0 Å². The van der Waals surface area contributed by atoms with Crippen LogP contribution in [-0.4, -0.2) is 13.2 Å². The van der Waals surface area contributed by atoms with E-state index in [1.807, 2.05) is 30.3 Å². The molecule has 2 rings (SSSR count). The van der Waals surface area contributed by atoms with Gasteiger partial charge in [0.25, 0.3) is 0 Å². The van der Waals surface area contributed by atoms with Crippen LogP contribution in [0, 0.1) is 0 Å². The van der Waals surface area contributed by atoms with Crippen molar-refractivity contribution in [2.75, 3.05) is 7.11 Å². The standard InChI is InChI=1S/C16H16BrCl2NO/c1-21-16-5-3-12(17)6-11(16)8-14(20)7-10-2-4-13(18)9-15(10)19/h2-6,9,14H,7-8,20H2,1H3. The molecule has 2 nitrogen and oxygen atoms in total. The zero-order chi connectivity index (χ0) is 15.4. The normalized spacial score (nSPS) is 12.2. The summed E-state index contributed by atoms with van der Waals surface area (Å²) in [5.41, 5.74) is 8.33. The molecular formula is C16H16BrCl2NO. The lowest BCUT2D eigenvalue weighted by molar-refractivity contribution is 0.407. The monoisotopic (exact) mass is 387 g/mol. The highest BCUT2D eigenvalue weighted by Gasteiger charge is 2.12. The van der Waals surface area contributed by atoms with Crippen LogP contribution in [0.2, 0.25) is 10.0 Å². The van der Waals surface area contributed by atoms with E-state index in [9.17, 15) is 0 Å². The van der Waals surface area contributed by atoms with E-state index in [4.69, 9.17) is 33.7 Å². The molecule has 0 radical (unpaired) electrons. The fraction of sp³-hybridized carbons (Fsp3) is 0.250. The average molecular weight is 389 g/mol. The van der Waals surface area contributed by atoms with Crippen LogP contribution in [0.15, 0.2) is 40.9 Å². The van der Waals surface area contributed by atoms with Crippen molar-refractivity contribution in [2.24, 2.45) is 5.73 Å². The second-order valence-corrected chi connectivity index (χ2v) is 6.62. The van der Waals surface area contributed by atoms with E-state index in [1.54, 1.807) is 13.2 Å². The summed E-state index contributed by atoms with van der Waals surface area (Å²) in [6, 6.07) is 11.3. The van der Waals surface area contributed by atoms with Crippen LogP contribution in [0.5, 0.6) is 5.75 Å². The van der Waals surface area contributed by atoms with Crippen LogP contribution in [-0.2, 0) is 12.8 Å². The van der Waals surface area contributed by atoms with Crippen molar-refractivity contribution < 1.29 is 4.74 Å². The summed E-state index contributed by atoms with van der Waals surface area (Å²) in [4.78, 5) is 0. The minimum atomic E-state index is -0.0492. The molecule has 0 spiro atoms. The molecule has 0 bridgehead atoms. The molecule has 0 amide bonds. The molecule has 21 heavy (non-hydrogen) atoms. The van der Waals surface area contributed by atoms with Gasteiger partial charge in [0, 0.05) is 20.6 Å². The third kappa shape index (κ3) is 4.62. The second-order valence-electron chi connectivity index (χ2n) is 4.86. The van der Waals surface area contributed by atoms with Crippen molar-refractivity contribution in [1.82, 2.24) is 0 Å². The summed E-state index contributed by atoms with van der Waals surface area (Å²) >= 11 is 15.6. The van der Waals surface area contributed by atoms with E-state index in [0.29, 0.717) is 22.9 Å². The van der Waals surface area contributed by atoms with Crippen LogP contribution in [0.4, 0.5) is 0 Å². The van der Waals surface area contributed by atoms with Gasteiger partial charge in [-0.3, -0.25) is 0 Å². The Bertz CT molecular complexity index is 634. The van der Waals surface area contributed by atoms with Crippen molar-refractivity contribution in [2.45, 2.75) is 18.9 Å². The maximum absolute atomic E-state index is 6.26. The number of rotatable bonds is 5. The van der Waals surface area contributed by atoms with Crippen molar-refractivity contribution in [3.05, 3.63) is 62.0 Å². The van der Waals surface area contributed by atoms with Gasteiger partial charge in [-0.25, -0.2) is 0 Å². The molecule has 1 atom stereocenters. The zero-order valence-corrected chi connectivity index (χ0v) is 14.7. The minimum absolute atomic E-state index is 0.0492. The zero-order valence-electron chi connectivity index (χ0n) is 11.6. The molecule has 0 aliphatic rings. The number of nitrogens with two attached hydrogens (primary N) is 1. The molecule has 0 aliphatic carbocycles. The van der Waals surface area contributed by atoms with Crippen molar-refractivity contribution >= 4 is 39.1 Å². The van der Waals surface area contributed by atoms with Crippen molar-refractivity contribution in [3.8, 4) is 5.75 Å². The molecule has 112 valence electrons. The molecule has 2 N–H and O–H groups in total. The fourth-order valence-corrected chi connectivity index (χ4v) is 3.13. The third-order valence-electron chi connectivity index (χ3n) is 3.22. The lowest BCUT2D eigenvalue weighted by Gasteiger charge is -2.15. The number of benzene rings is 2. The van der Waals surface area contributed by atoms with Crippen LogP contribution in [0.25, 0.3) is 0 Å². The van der Waals surface area contributed by atoms with Crippen molar-refractivity contribution in [3.63, 3.8) is 0 Å². The first-order valence-corrected chi connectivity index (χ1v) is 8.06. The maximum Gasteiger partial charge on any atom is 0.122 e. The first kappa shape index (κ1) is 16.6. The summed E-state index contributed by atoms with van der Waals surface area (Å²) in [5, 5.41) is 1.28. The molecule has 1 unspecified atom stereocenters. The SMILES string of the molecule is COc1ccc(Br)cc1CC(N)Cc1ccc(Cl)cc1Cl. The average Bonchev–Trinajstić information content (AvgIpc) is 2.42. The van der Waals surface area contributed by atoms with Gasteiger partial charge in [0.2, 0.25) is 0 Å². The third-order valence-corrected chi connectivity index (χ3v) is 4.30. The Morgan fingerprint density at radius 1 is 1.10 bits per heavy atom. The first-order valence-electron chi connectivity index (χ1n) is 6.51. The Balaban J connectivity index is 2.11. The fourth-order valence-electron chi connectivity index (χ4n) is 2.23. The predicted octanol–water partition coefficient (Wildman–Crippen LogP) is 4.88. The smallest absolute Gasteiger partial charge is 0.122 e. The van der Waals surface area contributed by atoms with Gasteiger partial charge in [-0.2, -0.15) is 0 Å². The Hall–Kier alpha value is -0.740. The molecule has 2 aromatic carbocycles. The lowest BCUT2D eigenvalue weighted by Crippen LogP contribution is -2.26. The Morgan fingerprint density at radius 3 is 2.48 bits per heavy atom. The number of halogens is 3. The van der Waals surface area contributed by atoms with E-state index < -0.39 is 0 Å². The van der Waals surface area contributed by atoms with Crippen LogP contribution < -0.4 is 10.5 Å². The maximum atomic E-state index is 6.26. The number of ether oxygens (including phenoxy) is 1. The van der Waals surface area contributed by atoms with E-state index in [1.165, 1.54) is 0 Å². The Morgan fingerprint density at radius 2 is 1.81 bits per heavy atom. The molecule has 5 heteroatoms.